The van der Waals surface area contributed by atoms with Crippen molar-refractivity contribution in [2.45, 2.75) is 25.9 Å². The summed E-state index contributed by atoms with van der Waals surface area (Å²) in [6.45, 7) is 3.99. The van der Waals surface area contributed by atoms with E-state index in [1.165, 1.54) is 0 Å². The van der Waals surface area contributed by atoms with Crippen LogP contribution in [0.1, 0.15) is 18.9 Å². The van der Waals surface area contributed by atoms with E-state index in [1.54, 1.807) is 12.1 Å². The van der Waals surface area contributed by atoms with Crippen molar-refractivity contribution in [1.29, 1.82) is 0 Å². The normalized spacial score (nSPS) is 20.3. The second-order valence-electron chi connectivity index (χ2n) is 4.37. The maximum Gasteiger partial charge on any atom is 0.240 e. The maximum atomic E-state index is 12.2. The number of rotatable bonds is 3. The highest BCUT2D eigenvalue weighted by Crippen LogP contribution is 2.26. The van der Waals surface area contributed by atoms with E-state index in [0.717, 1.165) is 18.5 Å². The minimum absolute atomic E-state index is 0.0833. The fraction of sp³-hybridized carbons (Fsp3) is 0.462. The van der Waals surface area contributed by atoms with Gasteiger partial charge in [0.25, 0.3) is 0 Å². The fourth-order valence-electron chi connectivity index (χ4n) is 2.14. The van der Waals surface area contributed by atoms with Crippen LogP contribution in [0.4, 0.5) is 0 Å². The van der Waals surface area contributed by atoms with Gasteiger partial charge in [-0.25, -0.2) is 0 Å². The first kappa shape index (κ1) is 13.7. The highest BCUT2D eigenvalue weighted by atomic mass is 35.5. The second kappa shape index (κ2) is 5.91. The smallest absolute Gasteiger partial charge is 0.240 e. The van der Waals surface area contributed by atoms with Crippen LogP contribution in [0.3, 0.4) is 0 Å². The number of benzene rings is 1. The Morgan fingerprint density at radius 2 is 2.06 bits per heavy atom. The first-order valence-electron chi connectivity index (χ1n) is 6.08. The molecule has 1 heterocycles. The lowest BCUT2D eigenvalue weighted by Crippen LogP contribution is -2.54. The number of carbonyl (C=O) groups is 1. The molecule has 18 heavy (non-hydrogen) atoms. The van der Waals surface area contributed by atoms with Gasteiger partial charge in [0.2, 0.25) is 5.91 Å². The molecule has 1 aliphatic heterocycles. The quantitative estimate of drug-likeness (QED) is 0.927. The van der Waals surface area contributed by atoms with Crippen molar-refractivity contribution in [2.75, 3.05) is 13.1 Å². The Hall–Kier alpha value is -0.770. The summed E-state index contributed by atoms with van der Waals surface area (Å²) in [7, 11) is 0. The van der Waals surface area contributed by atoms with E-state index in [2.05, 4.69) is 5.32 Å². The zero-order valence-electron chi connectivity index (χ0n) is 10.2. The van der Waals surface area contributed by atoms with E-state index in [-0.39, 0.29) is 11.9 Å². The van der Waals surface area contributed by atoms with E-state index in [0.29, 0.717) is 23.1 Å². The molecule has 1 atom stereocenters. The molecule has 98 valence electrons. The molecule has 5 heteroatoms. The molecule has 1 amide bonds. The Morgan fingerprint density at radius 1 is 1.39 bits per heavy atom. The van der Waals surface area contributed by atoms with Crippen molar-refractivity contribution in [3.05, 3.63) is 33.8 Å². The molecule has 1 saturated heterocycles. The number of carbonyl (C=O) groups excluding carboxylic acids is 1. The minimum atomic E-state index is -0.0833. The van der Waals surface area contributed by atoms with Crippen LogP contribution in [-0.4, -0.2) is 29.9 Å². The molecular weight excluding hydrogens is 271 g/mol. The van der Waals surface area contributed by atoms with Crippen LogP contribution in [0.5, 0.6) is 0 Å². The Morgan fingerprint density at radius 3 is 2.67 bits per heavy atom. The second-order valence-corrected chi connectivity index (χ2v) is 5.19. The van der Waals surface area contributed by atoms with Crippen LogP contribution in [0.15, 0.2) is 18.2 Å². The van der Waals surface area contributed by atoms with Crippen molar-refractivity contribution in [3.8, 4) is 0 Å². The van der Waals surface area contributed by atoms with Crippen molar-refractivity contribution < 1.29 is 4.79 Å². The molecule has 1 aromatic carbocycles. The number of amides is 1. The summed E-state index contributed by atoms with van der Waals surface area (Å²) in [5.41, 5.74) is 0.825. The third-order valence-corrected chi connectivity index (χ3v) is 3.91. The van der Waals surface area contributed by atoms with Crippen molar-refractivity contribution >= 4 is 29.1 Å². The van der Waals surface area contributed by atoms with Crippen LogP contribution in [-0.2, 0) is 11.3 Å². The molecular formula is C13H16Cl2N2O. The maximum absolute atomic E-state index is 12.2. The van der Waals surface area contributed by atoms with Crippen molar-refractivity contribution in [1.82, 2.24) is 10.2 Å². The van der Waals surface area contributed by atoms with Gasteiger partial charge in [0.15, 0.2) is 0 Å². The van der Waals surface area contributed by atoms with Crippen LogP contribution in [0, 0.1) is 0 Å². The standard InChI is InChI=1S/C13H16Cl2N2O/c1-2-12-13(18)17(7-6-16-12)8-9-10(14)4-3-5-11(9)15/h3-5,12,16H,2,6-8H2,1H3. The molecule has 3 nitrogen and oxygen atoms in total. The number of halogens is 2. The molecule has 1 fully saturated rings. The van der Waals surface area contributed by atoms with Gasteiger partial charge in [-0.2, -0.15) is 0 Å². The van der Waals surface area contributed by atoms with Crippen LogP contribution < -0.4 is 5.32 Å². The van der Waals surface area contributed by atoms with Crippen molar-refractivity contribution in [2.24, 2.45) is 0 Å². The lowest BCUT2D eigenvalue weighted by molar-refractivity contribution is -0.136. The van der Waals surface area contributed by atoms with Gasteiger partial charge in [0.1, 0.15) is 0 Å². The Labute approximate surface area is 117 Å². The highest BCUT2D eigenvalue weighted by molar-refractivity contribution is 6.36. The molecule has 0 bridgehead atoms. The van der Waals surface area contributed by atoms with Crippen LogP contribution in [0.25, 0.3) is 0 Å². The van der Waals surface area contributed by atoms with Gasteiger partial charge in [0, 0.05) is 35.2 Å². The fourth-order valence-corrected chi connectivity index (χ4v) is 2.66. The zero-order valence-corrected chi connectivity index (χ0v) is 11.8. The van der Waals surface area contributed by atoms with Gasteiger partial charge < -0.3 is 10.2 Å². The Bertz CT molecular complexity index is 430. The average molecular weight is 287 g/mol. The lowest BCUT2D eigenvalue weighted by atomic mass is 10.1. The summed E-state index contributed by atoms with van der Waals surface area (Å²) in [4.78, 5) is 14.0. The third-order valence-electron chi connectivity index (χ3n) is 3.20. The highest BCUT2D eigenvalue weighted by Gasteiger charge is 2.27. The average Bonchev–Trinajstić information content (AvgIpc) is 2.36. The summed E-state index contributed by atoms with van der Waals surface area (Å²) in [5, 5.41) is 4.43. The Balaban J connectivity index is 2.16. The molecule has 0 aromatic heterocycles. The molecule has 1 N–H and O–H groups in total. The number of piperazine rings is 1. The number of hydrogen-bond donors (Lipinski definition) is 1. The third kappa shape index (κ3) is 2.79. The number of hydrogen-bond acceptors (Lipinski definition) is 2. The van der Waals surface area contributed by atoms with Crippen LogP contribution in [0.2, 0.25) is 10.0 Å². The lowest BCUT2D eigenvalue weighted by Gasteiger charge is -2.33. The first-order valence-corrected chi connectivity index (χ1v) is 6.84. The summed E-state index contributed by atoms with van der Waals surface area (Å²) in [5.74, 6) is 0.125. The van der Waals surface area contributed by atoms with Gasteiger partial charge in [-0.15, -0.1) is 0 Å². The molecule has 0 radical (unpaired) electrons. The summed E-state index contributed by atoms with van der Waals surface area (Å²) in [6.07, 6.45) is 0.797. The summed E-state index contributed by atoms with van der Waals surface area (Å²) < 4.78 is 0. The zero-order chi connectivity index (χ0) is 13.1. The van der Waals surface area contributed by atoms with Crippen molar-refractivity contribution in [3.63, 3.8) is 0 Å². The van der Waals surface area contributed by atoms with Gasteiger partial charge in [-0.3, -0.25) is 4.79 Å². The monoisotopic (exact) mass is 286 g/mol. The predicted octanol–water partition coefficient (Wildman–Crippen LogP) is 2.70. The van der Waals surface area contributed by atoms with Gasteiger partial charge in [-0.05, 0) is 18.6 Å². The van der Waals surface area contributed by atoms with Gasteiger partial charge >= 0.3 is 0 Å². The number of nitrogens with one attached hydrogen (secondary N) is 1. The van der Waals surface area contributed by atoms with E-state index in [9.17, 15) is 4.79 Å². The molecule has 2 rings (SSSR count). The van der Waals surface area contributed by atoms with Gasteiger partial charge in [0.05, 0.1) is 6.04 Å². The molecule has 1 aliphatic rings. The molecule has 1 aromatic rings. The van der Waals surface area contributed by atoms with E-state index >= 15 is 0 Å². The SMILES string of the molecule is CCC1NCCN(Cc2c(Cl)cccc2Cl)C1=O. The summed E-state index contributed by atoms with van der Waals surface area (Å²) in [6, 6.07) is 5.32. The van der Waals surface area contributed by atoms with E-state index in [4.69, 9.17) is 23.2 Å². The molecule has 1 unspecified atom stereocenters. The summed E-state index contributed by atoms with van der Waals surface area (Å²) >= 11 is 12.3. The molecule has 0 saturated carbocycles. The minimum Gasteiger partial charge on any atom is -0.336 e. The molecule has 0 spiro atoms. The number of nitrogens with zero attached hydrogens (tertiary/aromatic N) is 1. The first-order chi connectivity index (χ1) is 8.63. The van der Waals surface area contributed by atoms with E-state index in [1.807, 2.05) is 17.9 Å². The predicted molar refractivity (Wildman–Crippen MR) is 74.0 cm³/mol. The largest absolute Gasteiger partial charge is 0.336 e. The van der Waals surface area contributed by atoms with Crippen LogP contribution >= 0.6 is 23.2 Å². The van der Waals surface area contributed by atoms with Gasteiger partial charge in [-0.1, -0.05) is 36.2 Å². The topological polar surface area (TPSA) is 32.3 Å². The molecule has 0 aliphatic carbocycles. The van der Waals surface area contributed by atoms with E-state index < -0.39 is 0 Å². The Kier molecular flexibility index (Phi) is 4.49.